The van der Waals surface area contributed by atoms with Gasteiger partial charge in [-0.3, -0.25) is 9.59 Å². The molecule has 1 fully saturated rings. The normalized spacial score (nSPS) is 24.2. The molecule has 3 N–H and O–H groups in total. The molecule has 1 heterocycles. The van der Waals surface area contributed by atoms with E-state index in [-0.39, 0.29) is 37.6 Å². The second-order valence-electron chi connectivity index (χ2n) is 6.08. The maximum absolute atomic E-state index is 10.7. The zero-order valence-electron chi connectivity index (χ0n) is 14.2. The second-order valence-corrected chi connectivity index (χ2v) is 6.08. The molecule has 0 aromatic heterocycles. The van der Waals surface area contributed by atoms with Gasteiger partial charge in [0, 0.05) is 20.3 Å². The van der Waals surface area contributed by atoms with E-state index in [0.29, 0.717) is 19.4 Å². The Bertz CT molecular complexity index is 400. The summed E-state index contributed by atoms with van der Waals surface area (Å²) in [5.74, 6) is -0.855. The lowest BCUT2D eigenvalue weighted by Gasteiger charge is -2.22. The topological polar surface area (TPSA) is 123 Å². The Kier molecular flexibility index (Phi) is 9.20. The first-order chi connectivity index (χ1) is 11.3. The van der Waals surface area contributed by atoms with Crippen LogP contribution < -0.4 is 0 Å². The second kappa shape index (κ2) is 10.6. The third kappa shape index (κ3) is 8.05. The monoisotopic (exact) mass is 348 g/mol. The molecule has 0 saturated carbocycles. The molecule has 0 aromatic rings. The highest BCUT2D eigenvalue weighted by Crippen LogP contribution is 2.26. The van der Waals surface area contributed by atoms with Crippen LogP contribution >= 0.6 is 0 Å². The van der Waals surface area contributed by atoms with Gasteiger partial charge >= 0.3 is 11.9 Å². The van der Waals surface area contributed by atoms with Crippen molar-refractivity contribution in [1.82, 2.24) is 0 Å². The molecule has 0 radical (unpaired) electrons. The minimum Gasteiger partial charge on any atom is -0.466 e. The van der Waals surface area contributed by atoms with Gasteiger partial charge in [0.1, 0.15) is 12.7 Å². The van der Waals surface area contributed by atoms with Gasteiger partial charge in [-0.05, 0) is 25.7 Å². The minimum atomic E-state index is -1.18. The lowest BCUT2D eigenvalue weighted by atomic mass is 10.0. The average Bonchev–Trinajstić information content (AvgIpc) is 2.98. The van der Waals surface area contributed by atoms with Crippen molar-refractivity contribution in [2.75, 3.05) is 13.2 Å². The number of esters is 2. The van der Waals surface area contributed by atoms with Crippen molar-refractivity contribution in [2.24, 2.45) is 0 Å². The number of aliphatic hydroxyl groups is 3. The fourth-order valence-electron chi connectivity index (χ4n) is 2.60. The predicted octanol–water partition coefficient (Wildman–Crippen LogP) is -0.0868. The Hall–Kier alpha value is -1.22. The molecular weight excluding hydrogens is 320 g/mol. The molecule has 1 aliphatic heterocycles. The van der Waals surface area contributed by atoms with Crippen molar-refractivity contribution in [2.45, 2.75) is 76.5 Å². The SMILES string of the molecule is CC(=O)OCC[C@H]1CC[C@@H]([C@H](O)CC[C@H](O)[C@H](O)COC(C)=O)O1. The molecule has 0 bridgehead atoms. The van der Waals surface area contributed by atoms with E-state index in [9.17, 15) is 24.9 Å². The van der Waals surface area contributed by atoms with E-state index in [0.717, 1.165) is 6.42 Å². The highest BCUT2D eigenvalue weighted by atomic mass is 16.5. The molecule has 0 amide bonds. The molecular formula is C16H28O8. The van der Waals surface area contributed by atoms with Crippen LogP contribution in [-0.4, -0.2) is 71.0 Å². The summed E-state index contributed by atoms with van der Waals surface area (Å²) in [6.45, 7) is 2.59. The van der Waals surface area contributed by atoms with Crippen molar-refractivity contribution < 1.29 is 39.1 Å². The molecule has 8 nitrogen and oxygen atoms in total. The van der Waals surface area contributed by atoms with E-state index in [1.165, 1.54) is 13.8 Å². The highest BCUT2D eigenvalue weighted by Gasteiger charge is 2.31. The fraction of sp³-hybridized carbons (Fsp3) is 0.875. The van der Waals surface area contributed by atoms with Crippen LogP contribution in [0.15, 0.2) is 0 Å². The number of hydrogen-bond donors (Lipinski definition) is 3. The number of rotatable bonds is 10. The number of aliphatic hydroxyl groups excluding tert-OH is 3. The third-order valence-corrected chi connectivity index (χ3v) is 3.97. The van der Waals surface area contributed by atoms with E-state index in [2.05, 4.69) is 4.74 Å². The van der Waals surface area contributed by atoms with E-state index in [4.69, 9.17) is 9.47 Å². The van der Waals surface area contributed by atoms with Crippen molar-refractivity contribution in [1.29, 1.82) is 0 Å². The number of carbonyl (C=O) groups excluding carboxylic acids is 2. The summed E-state index contributed by atoms with van der Waals surface area (Å²) >= 11 is 0. The van der Waals surface area contributed by atoms with Gasteiger partial charge in [-0.15, -0.1) is 0 Å². The van der Waals surface area contributed by atoms with Gasteiger partial charge in [0.05, 0.1) is 31.0 Å². The molecule has 0 spiro atoms. The van der Waals surface area contributed by atoms with Crippen LogP contribution in [0, 0.1) is 0 Å². The van der Waals surface area contributed by atoms with Crippen LogP contribution in [0.4, 0.5) is 0 Å². The number of carbonyl (C=O) groups is 2. The summed E-state index contributed by atoms with van der Waals surface area (Å²) in [4.78, 5) is 21.4. The minimum absolute atomic E-state index is 0.0523. The first-order valence-electron chi connectivity index (χ1n) is 8.26. The summed E-state index contributed by atoms with van der Waals surface area (Å²) in [6, 6.07) is 0. The molecule has 0 aromatic carbocycles. The van der Waals surface area contributed by atoms with Gasteiger partial charge in [0.25, 0.3) is 0 Å². The van der Waals surface area contributed by atoms with Crippen LogP contribution in [0.3, 0.4) is 0 Å². The van der Waals surface area contributed by atoms with Crippen LogP contribution in [0.25, 0.3) is 0 Å². The predicted molar refractivity (Wildman–Crippen MR) is 83.0 cm³/mol. The summed E-state index contributed by atoms with van der Waals surface area (Å²) in [5, 5.41) is 29.6. The molecule has 1 saturated heterocycles. The largest absolute Gasteiger partial charge is 0.466 e. The first-order valence-corrected chi connectivity index (χ1v) is 8.26. The first kappa shape index (κ1) is 20.8. The Morgan fingerprint density at radius 3 is 2.33 bits per heavy atom. The van der Waals surface area contributed by atoms with E-state index < -0.39 is 24.3 Å². The van der Waals surface area contributed by atoms with E-state index >= 15 is 0 Å². The zero-order chi connectivity index (χ0) is 18.1. The lowest BCUT2D eigenvalue weighted by Crippen LogP contribution is -2.34. The van der Waals surface area contributed by atoms with Crippen LogP contribution in [0.2, 0.25) is 0 Å². The van der Waals surface area contributed by atoms with Crippen molar-refractivity contribution >= 4 is 11.9 Å². The van der Waals surface area contributed by atoms with Gasteiger partial charge < -0.3 is 29.5 Å². The molecule has 8 heteroatoms. The summed E-state index contributed by atoms with van der Waals surface area (Å²) in [6.07, 6.45) is -0.901. The van der Waals surface area contributed by atoms with Gasteiger partial charge in [-0.1, -0.05) is 0 Å². The maximum atomic E-state index is 10.7. The average molecular weight is 348 g/mol. The third-order valence-electron chi connectivity index (χ3n) is 3.97. The number of ether oxygens (including phenoxy) is 3. The standard InChI is InChI=1S/C16H28O8/c1-10(17)22-8-7-12-3-6-16(24-12)14(20)5-4-13(19)15(21)9-23-11(2)18/h12-16,19-21H,3-9H2,1-2H3/t12-,13+,14-,15-,16+/m1/s1. The van der Waals surface area contributed by atoms with E-state index in [1.807, 2.05) is 0 Å². The van der Waals surface area contributed by atoms with Gasteiger partial charge in [0.15, 0.2) is 0 Å². The quantitative estimate of drug-likeness (QED) is 0.468. The zero-order valence-corrected chi connectivity index (χ0v) is 14.2. The lowest BCUT2D eigenvalue weighted by molar-refractivity contribution is -0.146. The Morgan fingerprint density at radius 2 is 1.71 bits per heavy atom. The fourth-order valence-corrected chi connectivity index (χ4v) is 2.60. The Balaban J connectivity index is 2.22. The summed E-state index contributed by atoms with van der Waals surface area (Å²) < 4.78 is 15.2. The molecule has 0 unspecified atom stereocenters. The molecule has 140 valence electrons. The van der Waals surface area contributed by atoms with Crippen LogP contribution in [0.1, 0.15) is 46.0 Å². The van der Waals surface area contributed by atoms with Crippen molar-refractivity contribution in [3.05, 3.63) is 0 Å². The molecule has 1 aliphatic rings. The van der Waals surface area contributed by atoms with Gasteiger partial charge in [-0.25, -0.2) is 0 Å². The highest BCUT2D eigenvalue weighted by molar-refractivity contribution is 5.66. The van der Waals surface area contributed by atoms with Gasteiger partial charge in [-0.2, -0.15) is 0 Å². The molecule has 1 rings (SSSR count). The van der Waals surface area contributed by atoms with E-state index in [1.54, 1.807) is 0 Å². The summed E-state index contributed by atoms with van der Waals surface area (Å²) in [5.41, 5.74) is 0. The van der Waals surface area contributed by atoms with Crippen LogP contribution in [0.5, 0.6) is 0 Å². The van der Waals surface area contributed by atoms with Crippen molar-refractivity contribution in [3.63, 3.8) is 0 Å². The smallest absolute Gasteiger partial charge is 0.302 e. The van der Waals surface area contributed by atoms with Crippen molar-refractivity contribution in [3.8, 4) is 0 Å². The maximum Gasteiger partial charge on any atom is 0.302 e. The molecule has 24 heavy (non-hydrogen) atoms. The number of hydrogen-bond acceptors (Lipinski definition) is 8. The Morgan fingerprint density at radius 1 is 1.04 bits per heavy atom. The van der Waals surface area contributed by atoms with Gasteiger partial charge in [0.2, 0.25) is 0 Å². The van der Waals surface area contributed by atoms with Crippen LogP contribution in [-0.2, 0) is 23.8 Å². The summed E-state index contributed by atoms with van der Waals surface area (Å²) in [7, 11) is 0. The molecule has 5 atom stereocenters. The molecule has 0 aliphatic carbocycles. The Labute approximate surface area is 141 Å².